The molecule has 2 rings (SSSR count). The SMILES string of the molecule is O=C(CC1CCCCC1)NC1CCC(C(F)(F)F)NC1. The van der Waals surface area contributed by atoms with Crippen molar-refractivity contribution < 1.29 is 18.0 Å². The third-order valence-corrected chi connectivity index (χ3v) is 4.37. The average molecular weight is 292 g/mol. The fraction of sp³-hybridized carbons (Fsp3) is 0.929. The Labute approximate surface area is 117 Å². The van der Waals surface area contributed by atoms with Crippen LogP contribution in [0, 0.1) is 5.92 Å². The number of hydrogen-bond acceptors (Lipinski definition) is 2. The second kappa shape index (κ2) is 6.78. The predicted molar refractivity (Wildman–Crippen MR) is 70.2 cm³/mol. The molecule has 2 fully saturated rings. The van der Waals surface area contributed by atoms with E-state index in [4.69, 9.17) is 0 Å². The Morgan fingerprint density at radius 2 is 1.80 bits per heavy atom. The second-order valence-electron chi connectivity index (χ2n) is 6.05. The molecule has 3 nitrogen and oxygen atoms in total. The molecule has 2 unspecified atom stereocenters. The minimum Gasteiger partial charge on any atom is -0.352 e. The highest BCUT2D eigenvalue weighted by atomic mass is 19.4. The monoisotopic (exact) mass is 292 g/mol. The van der Waals surface area contributed by atoms with Crippen molar-refractivity contribution >= 4 is 5.91 Å². The summed E-state index contributed by atoms with van der Waals surface area (Å²) in [4.78, 5) is 11.9. The molecule has 20 heavy (non-hydrogen) atoms. The maximum atomic E-state index is 12.5. The first-order valence-electron chi connectivity index (χ1n) is 7.54. The highest BCUT2D eigenvalue weighted by Crippen LogP contribution is 2.27. The van der Waals surface area contributed by atoms with Gasteiger partial charge < -0.3 is 10.6 Å². The molecule has 0 aromatic rings. The normalized spacial score (nSPS) is 29.1. The molecule has 1 saturated carbocycles. The summed E-state index contributed by atoms with van der Waals surface area (Å²) in [6.07, 6.45) is 2.62. The Bertz CT molecular complexity index is 319. The molecule has 0 spiro atoms. The summed E-state index contributed by atoms with van der Waals surface area (Å²) in [5.74, 6) is 0.456. The van der Waals surface area contributed by atoms with E-state index >= 15 is 0 Å². The van der Waals surface area contributed by atoms with Gasteiger partial charge in [-0.05, 0) is 31.6 Å². The number of halogens is 3. The molecule has 2 aliphatic rings. The molecule has 0 aromatic carbocycles. The second-order valence-corrected chi connectivity index (χ2v) is 6.05. The Morgan fingerprint density at radius 3 is 2.35 bits per heavy atom. The van der Waals surface area contributed by atoms with Gasteiger partial charge in [0.15, 0.2) is 0 Å². The third-order valence-electron chi connectivity index (χ3n) is 4.37. The Hall–Kier alpha value is -0.780. The van der Waals surface area contributed by atoms with Gasteiger partial charge in [-0.1, -0.05) is 19.3 Å². The Kier molecular flexibility index (Phi) is 5.29. The van der Waals surface area contributed by atoms with Gasteiger partial charge in [0.25, 0.3) is 0 Å². The molecule has 0 radical (unpaired) electrons. The number of carbonyl (C=O) groups excluding carboxylic acids is 1. The van der Waals surface area contributed by atoms with Crippen molar-refractivity contribution in [3.05, 3.63) is 0 Å². The molecule has 0 bridgehead atoms. The van der Waals surface area contributed by atoms with Crippen LogP contribution in [0.3, 0.4) is 0 Å². The van der Waals surface area contributed by atoms with Gasteiger partial charge in [0.1, 0.15) is 6.04 Å². The maximum Gasteiger partial charge on any atom is 0.403 e. The van der Waals surface area contributed by atoms with Crippen LogP contribution >= 0.6 is 0 Å². The smallest absolute Gasteiger partial charge is 0.352 e. The molecule has 1 aliphatic heterocycles. The summed E-state index contributed by atoms with van der Waals surface area (Å²) >= 11 is 0. The molecule has 1 aliphatic carbocycles. The van der Waals surface area contributed by atoms with Gasteiger partial charge in [0.05, 0.1) is 0 Å². The summed E-state index contributed by atoms with van der Waals surface area (Å²) < 4.78 is 37.5. The first kappa shape index (κ1) is 15.6. The lowest BCUT2D eigenvalue weighted by atomic mass is 9.86. The van der Waals surface area contributed by atoms with E-state index in [1.165, 1.54) is 19.3 Å². The van der Waals surface area contributed by atoms with Crippen LogP contribution in [0.15, 0.2) is 0 Å². The van der Waals surface area contributed by atoms with Crippen molar-refractivity contribution in [3.63, 3.8) is 0 Å². The zero-order valence-electron chi connectivity index (χ0n) is 11.6. The van der Waals surface area contributed by atoms with Crippen LogP contribution in [0.25, 0.3) is 0 Å². The minimum atomic E-state index is -4.18. The van der Waals surface area contributed by atoms with Crippen LogP contribution in [0.2, 0.25) is 0 Å². The van der Waals surface area contributed by atoms with E-state index in [1.54, 1.807) is 0 Å². The summed E-state index contributed by atoms with van der Waals surface area (Å²) in [5.41, 5.74) is 0. The van der Waals surface area contributed by atoms with Gasteiger partial charge in [-0.3, -0.25) is 4.79 Å². The summed E-state index contributed by atoms with van der Waals surface area (Å²) in [5, 5.41) is 5.35. The molecule has 116 valence electrons. The van der Waals surface area contributed by atoms with E-state index in [0.717, 1.165) is 12.8 Å². The van der Waals surface area contributed by atoms with E-state index in [1.807, 2.05) is 0 Å². The van der Waals surface area contributed by atoms with Gasteiger partial charge in [-0.2, -0.15) is 13.2 Å². The maximum absolute atomic E-state index is 12.5. The molecule has 6 heteroatoms. The molecular formula is C14H23F3N2O. The highest BCUT2D eigenvalue weighted by molar-refractivity contribution is 5.76. The quantitative estimate of drug-likeness (QED) is 0.840. The zero-order valence-corrected chi connectivity index (χ0v) is 11.6. The Balaban J connectivity index is 1.68. The third kappa shape index (κ3) is 4.65. The van der Waals surface area contributed by atoms with Crippen molar-refractivity contribution in [3.8, 4) is 0 Å². The number of hydrogen-bond donors (Lipinski definition) is 2. The number of nitrogens with one attached hydrogen (secondary N) is 2. The molecule has 1 heterocycles. The lowest BCUT2D eigenvalue weighted by molar-refractivity contribution is -0.161. The number of piperidine rings is 1. The first-order valence-corrected chi connectivity index (χ1v) is 7.54. The lowest BCUT2D eigenvalue weighted by Gasteiger charge is -2.32. The molecule has 0 aromatic heterocycles. The van der Waals surface area contributed by atoms with E-state index in [9.17, 15) is 18.0 Å². The van der Waals surface area contributed by atoms with Crippen molar-refractivity contribution in [2.24, 2.45) is 5.92 Å². The van der Waals surface area contributed by atoms with Crippen LogP contribution < -0.4 is 10.6 Å². The van der Waals surface area contributed by atoms with Gasteiger partial charge in [0.2, 0.25) is 5.91 Å². The van der Waals surface area contributed by atoms with Crippen molar-refractivity contribution in [1.82, 2.24) is 10.6 Å². The molecule has 2 N–H and O–H groups in total. The summed E-state index contributed by atoms with van der Waals surface area (Å²) in [6.45, 7) is 0.209. The van der Waals surface area contributed by atoms with Crippen molar-refractivity contribution in [1.29, 1.82) is 0 Å². The summed E-state index contributed by atoms with van der Waals surface area (Å²) in [7, 11) is 0. The number of amides is 1. The topological polar surface area (TPSA) is 41.1 Å². The fourth-order valence-corrected chi connectivity index (χ4v) is 3.20. The zero-order chi connectivity index (χ0) is 14.6. The van der Waals surface area contributed by atoms with Crippen LogP contribution in [-0.2, 0) is 4.79 Å². The molecule has 2 atom stereocenters. The van der Waals surface area contributed by atoms with Crippen LogP contribution in [-0.4, -0.2) is 30.7 Å². The minimum absolute atomic E-state index is 0.00541. The van der Waals surface area contributed by atoms with Gasteiger partial charge in [-0.25, -0.2) is 0 Å². The first-order chi connectivity index (χ1) is 9.45. The van der Waals surface area contributed by atoms with E-state index in [-0.39, 0.29) is 24.9 Å². The lowest BCUT2D eigenvalue weighted by Crippen LogP contribution is -2.54. The van der Waals surface area contributed by atoms with Crippen molar-refractivity contribution in [2.45, 2.75) is 69.6 Å². The van der Waals surface area contributed by atoms with Gasteiger partial charge in [-0.15, -0.1) is 0 Å². The van der Waals surface area contributed by atoms with Crippen LogP contribution in [0.1, 0.15) is 51.4 Å². The summed E-state index contributed by atoms with van der Waals surface area (Å²) in [6, 6.07) is -1.58. The fourth-order valence-electron chi connectivity index (χ4n) is 3.20. The van der Waals surface area contributed by atoms with Crippen molar-refractivity contribution in [2.75, 3.05) is 6.54 Å². The standard InChI is InChI=1S/C14H23F3N2O/c15-14(16,17)12-7-6-11(9-18-12)19-13(20)8-10-4-2-1-3-5-10/h10-12,18H,1-9H2,(H,19,20). The van der Waals surface area contributed by atoms with E-state index in [2.05, 4.69) is 10.6 Å². The average Bonchev–Trinajstić information content (AvgIpc) is 2.39. The van der Waals surface area contributed by atoms with E-state index in [0.29, 0.717) is 18.8 Å². The van der Waals surface area contributed by atoms with E-state index < -0.39 is 12.2 Å². The van der Waals surface area contributed by atoms with Gasteiger partial charge in [0, 0.05) is 19.0 Å². The van der Waals surface area contributed by atoms with Crippen LogP contribution in [0.5, 0.6) is 0 Å². The molecular weight excluding hydrogens is 269 g/mol. The molecule has 1 saturated heterocycles. The number of carbonyl (C=O) groups is 1. The largest absolute Gasteiger partial charge is 0.403 e. The number of rotatable bonds is 3. The van der Waals surface area contributed by atoms with Gasteiger partial charge >= 0.3 is 6.18 Å². The number of alkyl halides is 3. The van der Waals surface area contributed by atoms with Crippen LogP contribution in [0.4, 0.5) is 13.2 Å². The highest BCUT2D eigenvalue weighted by Gasteiger charge is 2.41. The predicted octanol–water partition coefficient (Wildman–Crippen LogP) is 2.76. The molecule has 1 amide bonds. The Morgan fingerprint density at radius 1 is 1.10 bits per heavy atom.